The average molecular weight is 353 g/mol. The molecule has 0 aliphatic carbocycles. The molecule has 0 aliphatic heterocycles. The number of aromatic nitrogens is 2. The van der Waals surface area contributed by atoms with Gasteiger partial charge in [-0.25, -0.2) is 0 Å². The largest absolute Gasteiger partial charge is 0.494 e. The maximum Gasteiger partial charge on any atom is 0.302 e. The molecular formula is C21H27N3O2. The molecule has 1 aromatic heterocycles. The SMILES string of the molecule is CCOc1ccc(Oc2nc3ccccc3n2CCN(CC)CC)cc1. The van der Waals surface area contributed by atoms with Crippen LogP contribution < -0.4 is 9.47 Å². The van der Waals surface area contributed by atoms with E-state index in [9.17, 15) is 0 Å². The second kappa shape index (κ2) is 8.72. The summed E-state index contributed by atoms with van der Waals surface area (Å²) in [7, 11) is 0. The summed E-state index contributed by atoms with van der Waals surface area (Å²) < 4.78 is 13.8. The molecule has 3 aromatic rings. The van der Waals surface area contributed by atoms with Crippen molar-refractivity contribution in [3.05, 3.63) is 48.5 Å². The summed E-state index contributed by atoms with van der Waals surface area (Å²) in [6, 6.07) is 16.5. The average Bonchev–Trinajstić information content (AvgIpc) is 3.02. The molecule has 3 rings (SSSR count). The van der Waals surface area contributed by atoms with Crippen molar-refractivity contribution in [1.29, 1.82) is 0 Å². The van der Waals surface area contributed by atoms with Crippen LogP contribution in [0.3, 0.4) is 0 Å². The summed E-state index contributed by atoms with van der Waals surface area (Å²) in [5.74, 6) is 1.60. The Morgan fingerprint density at radius 2 is 1.62 bits per heavy atom. The van der Waals surface area contributed by atoms with Gasteiger partial charge in [0.1, 0.15) is 11.5 Å². The number of hydrogen-bond donors (Lipinski definition) is 0. The first-order chi connectivity index (χ1) is 12.7. The molecule has 0 bridgehead atoms. The molecule has 0 saturated heterocycles. The summed E-state index contributed by atoms with van der Waals surface area (Å²) in [5.41, 5.74) is 2.05. The van der Waals surface area contributed by atoms with E-state index in [0.717, 1.165) is 48.7 Å². The molecule has 0 aliphatic rings. The Balaban J connectivity index is 1.85. The molecule has 26 heavy (non-hydrogen) atoms. The lowest BCUT2D eigenvalue weighted by Crippen LogP contribution is -2.27. The number of para-hydroxylation sites is 2. The third-order valence-corrected chi connectivity index (χ3v) is 4.50. The van der Waals surface area contributed by atoms with E-state index in [1.165, 1.54) is 0 Å². The van der Waals surface area contributed by atoms with Crippen molar-refractivity contribution in [1.82, 2.24) is 14.5 Å². The summed E-state index contributed by atoms with van der Waals surface area (Å²) in [6.45, 7) is 10.9. The predicted molar refractivity (Wildman–Crippen MR) is 105 cm³/mol. The van der Waals surface area contributed by atoms with Gasteiger partial charge in [-0.05, 0) is 56.4 Å². The maximum absolute atomic E-state index is 6.10. The van der Waals surface area contributed by atoms with Gasteiger partial charge in [-0.15, -0.1) is 0 Å². The second-order valence-electron chi connectivity index (χ2n) is 6.07. The molecule has 0 fully saturated rings. The Labute approximate surface area is 155 Å². The standard InChI is InChI=1S/C21H27N3O2/c1-4-23(5-2)15-16-24-20-10-8-7-9-19(20)22-21(24)26-18-13-11-17(12-14-18)25-6-3/h7-14H,4-6,15-16H2,1-3H3. The van der Waals surface area contributed by atoms with Gasteiger partial charge in [-0.1, -0.05) is 26.0 Å². The highest BCUT2D eigenvalue weighted by molar-refractivity contribution is 5.76. The van der Waals surface area contributed by atoms with Gasteiger partial charge in [0.25, 0.3) is 0 Å². The first-order valence-electron chi connectivity index (χ1n) is 9.33. The van der Waals surface area contributed by atoms with Crippen LogP contribution in [0.5, 0.6) is 17.5 Å². The van der Waals surface area contributed by atoms with Crippen molar-refractivity contribution in [2.45, 2.75) is 27.3 Å². The van der Waals surface area contributed by atoms with Gasteiger partial charge in [0.2, 0.25) is 0 Å². The highest BCUT2D eigenvalue weighted by atomic mass is 16.5. The minimum atomic E-state index is 0.627. The van der Waals surface area contributed by atoms with Crippen LogP contribution in [0.25, 0.3) is 11.0 Å². The fourth-order valence-corrected chi connectivity index (χ4v) is 3.00. The monoisotopic (exact) mass is 353 g/mol. The lowest BCUT2D eigenvalue weighted by Gasteiger charge is -2.19. The number of benzene rings is 2. The third-order valence-electron chi connectivity index (χ3n) is 4.50. The fraction of sp³-hybridized carbons (Fsp3) is 0.381. The van der Waals surface area contributed by atoms with E-state index in [0.29, 0.717) is 12.6 Å². The molecule has 0 amide bonds. The summed E-state index contributed by atoms with van der Waals surface area (Å²) in [6.07, 6.45) is 0. The molecule has 0 radical (unpaired) electrons. The number of rotatable bonds is 9. The molecule has 2 aromatic carbocycles. The minimum absolute atomic E-state index is 0.627. The van der Waals surface area contributed by atoms with Crippen LogP contribution in [0, 0.1) is 0 Å². The number of hydrogen-bond acceptors (Lipinski definition) is 4. The molecule has 0 atom stereocenters. The van der Waals surface area contributed by atoms with E-state index in [1.54, 1.807) is 0 Å². The molecule has 0 saturated carbocycles. The summed E-state index contributed by atoms with van der Waals surface area (Å²) >= 11 is 0. The van der Waals surface area contributed by atoms with Gasteiger partial charge in [0.05, 0.1) is 17.6 Å². The quantitative estimate of drug-likeness (QED) is 0.565. The molecule has 0 unspecified atom stereocenters. The highest BCUT2D eigenvalue weighted by Crippen LogP contribution is 2.27. The van der Waals surface area contributed by atoms with E-state index >= 15 is 0 Å². The van der Waals surface area contributed by atoms with Gasteiger partial charge in [-0.3, -0.25) is 4.57 Å². The number of fused-ring (bicyclic) bond motifs is 1. The lowest BCUT2D eigenvalue weighted by atomic mass is 10.3. The van der Waals surface area contributed by atoms with Crippen molar-refractivity contribution in [2.75, 3.05) is 26.2 Å². The van der Waals surface area contributed by atoms with Crippen molar-refractivity contribution < 1.29 is 9.47 Å². The van der Waals surface area contributed by atoms with Crippen LogP contribution in [0.1, 0.15) is 20.8 Å². The first-order valence-corrected chi connectivity index (χ1v) is 9.33. The zero-order chi connectivity index (χ0) is 18.4. The molecule has 1 heterocycles. The zero-order valence-corrected chi connectivity index (χ0v) is 15.8. The Hall–Kier alpha value is -2.53. The van der Waals surface area contributed by atoms with Gasteiger partial charge in [-0.2, -0.15) is 4.98 Å². The van der Waals surface area contributed by atoms with Gasteiger partial charge < -0.3 is 14.4 Å². The smallest absolute Gasteiger partial charge is 0.302 e. The normalized spacial score (nSPS) is 11.2. The number of ether oxygens (including phenoxy) is 2. The molecule has 5 heteroatoms. The third kappa shape index (κ3) is 4.17. The number of nitrogens with zero attached hydrogens (tertiary/aromatic N) is 3. The Morgan fingerprint density at radius 3 is 2.31 bits per heavy atom. The van der Waals surface area contributed by atoms with Crippen molar-refractivity contribution >= 4 is 11.0 Å². The molecule has 0 spiro atoms. The maximum atomic E-state index is 6.10. The molecular weight excluding hydrogens is 326 g/mol. The Morgan fingerprint density at radius 1 is 0.923 bits per heavy atom. The van der Waals surface area contributed by atoms with Crippen molar-refractivity contribution in [2.24, 2.45) is 0 Å². The molecule has 5 nitrogen and oxygen atoms in total. The minimum Gasteiger partial charge on any atom is -0.494 e. The topological polar surface area (TPSA) is 39.5 Å². The van der Waals surface area contributed by atoms with Crippen LogP contribution in [-0.4, -0.2) is 40.7 Å². The zero-order valence-electron chi connectivity index (χ0n) is 15.8. The van der Waals surface area contributed by atoms with Crippen LogP contribution in [0.2, 0.25) is 0 Å². The van der Waals surface area contributed by atoms with E-state index in [-0.39, 0.29) is 0 Å². The second-order valence-corrected chi connectivity index (χ2v) is 6.07. The van der Waals surface area contributed by atoms with Crippen molar-refractivity contribution in [3.63, 3.8) is 0 Å². The Kier molecular flexibility index (Phi) is 6.12. The van der Waals surface area contributed by atoms with Crippen LogP contribution in [-0.2, 0) is 6.54 Å². The van der Waals surface area contributed by atoms with Gasteiger partial charge in [0, 0.05) is 13.1 Å². The van der Waals surface area contributed by atoms with Crippen molar-refractivity contribution in [3.8, 4) is 17.5 Å². The van der Waals surface area contributed by atoms with Crippen LogP contribution >= 0.6 is 0 Å². The van der Waals surface area contributed by atoms with Gasteiger partial charge in [0.15, 0.2) is 0 Å². The highest BCUT2D eigenvalue weighted by Gasteiger charge is 2.13. The summed E-state index contributed by atoms with van der Waals surface area (Å²) in [5, 5.41) is 0. The van der Waals surface area contributed by atoms with Crippen LogP contribution in [0.4, 0.5) is 0 Å². The predicted octanol–water partition coefficient (Wildman–Crippen LogP) is 4.57. The van der Waals surface area contributed by atoms with Crippen LogP contribution in [0.15, 0.2) is 48.5 Å². The van der Waals surface area contributed by atoms with E-state index in [2.05, 4.69) is 34.4 Å². The van der Waals surface area contributed by atoms with E-state index in [4.69, 9.17) is 9.47 Å². The lowest BCUT2D eigenvalue weighted by molar-refractivity contribution is 0.285. The fourth-order valence-electron chi connectivity index (χ4n) is 3.00. The number of imidazole rings is 1. The van der Waals surface area contributed by atoms with E-state index < -0.39 is 0 Å². The molecule has 0 N–H and O–H groups in total. The summed E-state index contributed by atoms with van der Waals surface area (Å²) in [4.78, 5) is 7.09. The first kappa shape index (κ1) is 18.3. The Bertz CT molecular complexity index is 823. The number of likely N-dealkylation sites (N-methyl/N-ethyl adjacent to an activating group) is 1. The van der Waals surface area contributed by atoms with Gasteiger partial charge >= 0.3 is 6.01 Å². The van der Waals surface area contributed by atoms with E-state index in [1.807, 2.05) is 49.4 Å². The molecule has 138 valence electrons.